The summed E-state index contributed by atoms with van der Waals surface area (Å²) in [6.07, 6.45) is 0. The smallest absolute Gasteiger partial charge is 0.279 e. The number of methoxy groups -OCH3 is 1. The Morgan fingerprint density at radius 3 is 2.57 bits per heavy atom. The quantitative estimate of drug-likeness (QED) is 0.843. The van der Waals surface area contributed by atoms with Gasteiger partial charge < -0.3 is 15.0 Å². The van der Waals surface area contributed by atoms with E-state index in [1.54, 1.807) is 31.4 Å². The summed E-state index contributed by atoms with van der Waals surface area (Å²) in [6, 6.07) is 16.9. The lowest BCUT2D eigenvalue weighted by Gasteiger charge is -2.14. The second-order valence-corrected chi connectivity index (χ2v) is 5.36. The monoisotopic (exact) mass is 310 g/mol. The summed E-state index contributed by atoms with van der Waals surface area (Å²) in [6.45, 7) is 1.06. The number of nitrogens with zero attached hydrogens (tertiary/aromatic N) is 1. The SMILES string of the molecule is COc1ccc(C[NH+](C)CC(=O)Nc2ccccc2C#N)cc1. The Bertz CT molecular complexity index is 705. The van der Waals surface area contributed by atoms with Gasteiger partial charge in [-0.25, -0.2) is 0 Å². The second-order valence-electron chi connectivity index (χ2n) is 5.36. The number of carbonyl (C=O) groups is 1. The Balaban J connectivity index is 1.90. The Morgan fingerprint density at radius 2 is 1.91 bits per heavy atom. The number of hydrogen-bond donors (Lipinski definition) is 2. The molecule has 5 nitrogen and oxygen atoms in total. The van der Waals surface area contributed by atoms with Crippen molar-refractivity contribution in [2.75, 3.05) is 26.0 Å². The molecule has 0 aromatic heterocycles. The first kappa shape index (κ1) is 16.5. The van der Waals surface area contributed by atoms with E-state index in [-0.39, 0.29) is 5.91 Å². The number of carbonyl (C=O) groups excluding carboxylic acids is 1. The largest absolute Gasteiger partial charge is 0.497 e. The van der Waals surface area contributed by atoms with Gasteiger partial charge in [0.05, 0.1) is 25.4 Å². The first-order chi connectivity index (χ1) is 11.1. The molecule has 1 atom stereocenters. The molecule has 1 amide bonds. The van der Waals surface area contributed by atoms with Crippen molar-refractivity contribution in [3.8, 4) is 11.8 Å². The van der Waals surface area contributed by atoms with Gasteiger partial charge in [-0.1, -0.05) is 12.1 Å². The molecule has 0 saturated heterocycles. The fourth-order valence-corrected chi connectivity index (χ4v) is 2.31. The van der Waals surface area contributed by atoms with Crippen LogP contribution in [0.1, 0.15) is 11.1 Å². The van der Waals surface area contributed by atoms with Crippen LogP contribution in [-0.4, -0.2) is 26.6 Å². The van der Waals surface area contributed by atoms with Crippen molar-refractivity contribution in [3.05, 3.63) is 59.7 Å². The molecule has 5 heteroatoms. The van der Waals surface area contributed by atoms with Crippen molar-refractivity contribution < 1.29 is 14.4 Å². The number of nitriles is 1. The Labute approximate surface area is 136 Å². The van der Waals surface area contributed by atoms with E-state index in [0.29, 0.717) is 17.8 Å². The van der Waals surface area contributed by atoms with Crippen molar-refractivity contribution in [1.29, 1.82) is 5.26 Å². The number of nitrogens with one attached hydrogen (secondary N) is 2. The minimum Gasteiger partial charge on any atom is -0.497 e. The Morgan fingerprint density at radius 1 is 1.22 bits per heavy atom. The number of anilines is 1. The van der Waals surface area contributed by atoms with Gasteiger partial charge in [-0.15, -0.1) is 0 Å². The first-order valence-electron chi connectivity index (χ1n) is 7.35. The molecule has 0 fully saturated rings. The van der Waals surface area contributed by atoms with E-state index in [4.69, 9.17) is 10.00 Å². The van der Waals surface area contributed by atoms with E-state index in [9.17, 15) is 4.79 Å². The van der Waals surface area contributed by atoms with Gasteiger partial charge in [0, 0.05) is 5.56 Å². The minimum absolute atomic E-state index is 0.112. The van der Waals surface area contributed by atoms with E-state index in [1.165, 1.54) is 0 Å². The molecule has 1 unspecified atom stereocenters. The van der Waals surface area contributed by atoms with Gasteiger partial charge in [-0.2, -0.15) is 5.26 Å². The summed E-state index contributed by atoms with van der Waals surface area (Å²) in [7, 11) is 3.59. The molecule has 0 saturated carbocycles. The molecular weight excluding hydrogens is 290 g/mol. The predicted octanol–water partition coefficient (Wildman–Crippen LogP) is 1.22. The standard InChI is InChI=1S/C18H19N3O2/c1-21(12-14-7-9-16(23-2)10-8-14)13-18(22)20-17-6-4-3-5-15(17)11-19/h3-10H,12-13H2,1-2H3,(H,20,22)/p+1. The molecule has 2 aromatic rings. The van der Waals surface area contributed by atoms with Crippen LogP contribution < -0.4 is 15.0 Å². The van der Waals surface area contributed by atoms with Crippen LogP contribution in [0.2, 0.25) is 0 Å². The molecule has 0 radical (unpaired) electrons. The zero-order valence-corrected chi connectivity index (χ0v) is 13.3. The van der Waals surface area contributed by atoms with Crippen LogP contribution in [0, 0.1) is 11.3 Å². The molecule has 0 heterocycles. The maximum Gasteiger partial charge on any atom is 0.279 e. The summed E-state index contributed by atoms with van der Waals surface area (Å²) in [5.41, 5.74) is 2.15. The first-order valence-corrected chi connectivity index (χ1v) is 7.35. The van der Waals surface area contributed by atoms with Crippen LogP contribution in [0.5, 0.6) is 5.75 Å². The number of benzene rings is 2. The fraction of sp³-hybridized carbons (Fsp3) is 0.222. The maximum absolute atomic E-state index is 12.1. The fourth-order valence-electron chi connectivity index (χ4n) is 2.31. The summed E-state index contributed by atoms with van der Waals surface area (Å²) in [5.74, 6) is 0.705. The highest BCUT2D eigenvalue weighted by molar-refractivity contribution is 5.92. The summed E-state index contributed by atoms with van der Waals surface area (Å²) in [4.78, 5) is 13.2. The van der Waals surface area contributed by atoms with Crippen molar-refractivity contribution in [2.45, 2.75) is 6.54 Å². The van der Waals surface area contributed by atoms with Gasteiger partial charge in [0.1, 0.15) is 18.4 Å². The number of rotatable bonds is 6. The molecule has 2 aromatic carbocycles. The topological polar surface area (TPSA) is 66.6 Å². The van der Waals surface area contributed by atoms with Crippen LogP contribution in [0.4, 0.5) is 5.69 Å². The third-order valence-electron chi connectivity index (χ3n) is 3.45. The minimum atomic E-state index is -0.112. The lowest BCUT2D eigenvalue weighted by atomic mass is 10.2. The van der Waals surface area contributed by atoms with E-state index >= 15 is 0 Å². The van der Waals surface area contributed by atoms with Crippen molar-refractivity contribution >= 4 is 11.6 Å². The van der Waals surface area contributed by atoms with Gasteiger partial charge in [0.2, 0.25) is 0 Å². The Kier molecular flexibility index (Phi) is 5.73. The van der Waals surface area contributed by atoms with Gasteiger partial charge in [-0.3, -0.25) is 4.79 Å². The van der Waals surface area contributed by atoms with Crippen LogP contribution in [0.3, 0.4) is 0 Å². The average molecular weight is 310 g/mol. The number of ether oxygens (including phenoxy) is 1. The zero-order valence-electron chi connectivity index (χ0n) is 13.3. The molecule has 0 spiro atoms. The van der Waals surface area contributed by atoms with Crippen LogP contribution in [0.15, 0.2) is 48.5 Å². The van der Waals surface area contributed by atoms with Crippen molar-refractivity contribution in [2.24, 2.45) is 0 Å². The maximum atomic E-state index is 12.1. The summed E-state index contributed by atoms with van der Waals surface area (Å²) < 4.78 is 5.13. The number of likely N-dealkylation sites (N-methyl/N-ethyl adjacent to an activating group) is 1. The van der Waals surface area contributed by atoms with Crippen molar-refractivity contribution in [3.63, 3.8) is 0 Å². The van der Waals surface area contributed by atoms with Gasteiger partial charge >= 0.3 is 0 Å². The van der Waals surface area contributed by atoms with E-state index in [1.807, 2.05) is 31.3 Å². The number of quaternary nitrogens is 1. The highest BCUT2D eigenvalue weighted by Gasteiger charge is 2.12. The molecular formula is C18H20N3O2+. The normalized spacial score (nSPS) is 11.3. The molecule has 118 valence electrons. The molecule has 2 N–H and O–H groups in total. The van der Waals surface area contributed by atoms with Crippen molar-refractivity contribution in [1.82, 2.24) is 0 Å². The summed E-state index contributed by atoms with van der Waals surface area (Å²) in [5, 5.41) is 11.8. The number of amides is 1. The van der Waals surface area contributed by atoms with E-state index in [0.717, 1.165) is 22.8 Å². The molecule has 0 aliphatic rings. The molecule has 0 bridgehead atoms. The Hall–Kier alpha value is -2.84. The van der Waals surface area contributed by atoms with Gasteiger partial charge in [0.15, 0.2) is 6.54 Å². The third-order valence-corrected chi connectivity index (χ3v) is 3.45. The number of hydrogen-bond acceptors (Lipinski definition) is 3. The molecule has 0 aliphatic heterocycles. The molecule has 23 heavy (non-hydrogen) atoms. The lowest BCUT2D eigenvalue weighted by Crippen LogP contribution is -3.08. The van der Waals surface area contributed by atoms with E-state index < -0.39 is 0 Å². The highest BCUT2D eigenvalue weighted by Crippen LogP contribution is 2.13. The predicted molar refractivity (Wildman–Crippen MR) is 88.2 cm³/mol. The summed E-state index contributed by atoms with van der Waals surface area (Å²) >= 11 is 0. The second kappa shape index (κ2) is 7.97. The zero-order chi connectivity index (χ0) is 16.7. The highest BCUT2D eigenvalue weighted by atomic mass is 16.5. The average Bonchev–Trinajstić information content (AvgIpc) is 2.55. The van der Waals surface area contributed by atoms with Gasteiger partial charge in [0.25, 0.3) is 5.91 Å². The lowest BCUT2D eigenvalue weighted by molar-refractivity contribution is -0.885. The number of para-hydroxylation sites is 1. The van der Waals surface area contributed by atoms with Crippen LogP contribution in [-0.2, 0) is 11.3 Å². The molecule has 0 aliphatic carbocycles. The van der Waals surface area contributed by atoms with Crippen LogP contribution in [0.25, 0.3) is 0 Å². The van der Waals surface area contributed by atoms with E-state index in [2.05, 4.69) is 11.4 Å². The van der Waals surface area contributed by atoms with Gasteiger partial charge in [-0.05, 0) is 36.4 Å². The third kappa shape index (κ3) is 4.83. The molecule has 2 rings (SSSR count). The van der Waals surface area contributed by atoms with Crippen LogP contribution >= 0.6 is 0 Å².